The molecule has 2 aliphatic rings. The Labute approximate surface area is 176 Å². The van der Waals surface area contributed by atoms with Gasteiger partial charge < -0.3 is 14.5 Å². The number of rotatable bonds is 7. The van der Waals surface area contributed by atoms with Crippen molar-refractivity contribution in [2.45, 2.75) is 45.3 Å². The number of likely N-dealkylation sites (N-methyl/N-ethyl adjacent to an activating group) is 1. The second-order valence-corrected chi connectivity index (χ2v) is 8.78. The van der Waals surface area contributed by atoms with Gasteiger partial charge in [0.15, 0.2) is 0 Å². The summed E-state index contributed by atoms with van der Waals surface area (Å²) in [6, 6.07) is 9.42. The molecule has 0 bridgehead atoms. The van der Waals surface area contributed by atoms with Gasteiger partial charge in [-0.25, -0.2) is 0 Å². The number of hydrogen-bond acceptors (Lipinski definition) is 5. The number of methoxy groups -OCH3 is 1. The normalized spacial score (nSPS) is 19.9. The molecule has 0 atom stereocenters. The van der Waals surface area contributed by atoms with E-state index in [1.165, 1.54) is 5.56 Å². The first-order chi connectivity index (χ1) is 14.0. The van der Waals surface area contributed by atoms with Crippen LogP contribution in [-0.2, 0) is 11.3 Å². The summed E-state index contributed by atoms with van der Waals surface area (Å²) in [4.78, 5) is 22.1. The summed E-state index contributed by atoms with van der Waals surface area (Å²) in [5.41, 5.74) is 1.29. The van der Waals surface area contributed by atoms with E-state index in [9.17, 15) is 4.79 Å². The Kier molecular flexibility index (Phi) is 7.92. The molecular formula is C23H38N4O2. The first-order valence-corrected chi connectivity index (χ1v) is 11.0. The number of carbonyl (C=O) groups is 1. The van der Waals surface area contributed by atoms with Gasteiger partial charge in [-0.15, -0.1) is 0 Å². The zero-order valence-electron chi connectivity index (χ0n) is 18.6. The Balaban J connectivity index is 1.39. The van der Waals surface area contributed by atoms with Crippen molar-refractivity contribution < 1.29 is 9.53 Å². The molecule has 0 saturated carbocycles. The molecule has 0 aliphatic carbocycles. The van der Waals surface area contributed by atoms with Crippen LogP contribution in [-0.4, -0.2) is 97.6 Å². The van der Waals surface area contributed by atoms with Crippen molar-refractivity contribution in [2.75, 3.05) is 60.0 Å². The molecule has 2 aliphatic heterocycles. The summed E-state index contributed by atoms with van der Waals surface area (Å²) in [7, 11) is 3.81. The van der Waals surface area contributed by atoms with Crippen LogP contribution in [0.25, 0.3) is 0 Å². The molecule has 0 unspecified atom stereocenters. The molecule has 1 aromatic carbocycles. The highest BCUT2D eigenvalue weighted by atomic mass is 16.5. The number of benzene rings is 1. The van der Waals surface area contributed by atoms with Gasteiger partial charge in [-0.1, -0.05) is 12.1 Å². The van der Waals surface area contributed by atoms with E-state index in [1.807, 2.05) is 17.0 Å². The van der Waals surface area contributed by atoms with Crippen LogP contribution in [0, 0.1) is 0 Å². The highest BCUT2D eigenvalue weighted by Crippen LogP contribution is 2.18. The van der Waals surface area contributed by atoms with Gasteiger partial charge in [0.05, 0.1) is 13.7 Å². The second-order valence-electron chi connectivity index (χ2n) is 8.78. The van der Waals surface area contributed by atoms with Crippen molar-refractivity contribution in [2.24, 2.45) is 0 Å². The molecule has 1 aromatic rings. The van der Waals surface area contributed by atoms with E-state index in [2.05, 4.69) is 47.7 Å². The number of likely N-dealkylation sites (tertiary alicyclic amines) is 1. The molecule has 162 valence electrons. The van der Waals surface area contributed by atoms with Crippen LogP contribution in [0.3, 0.4) is 0 Å². The van der Waals surface area contributed by atoms with Crippen LogP contribution in [0.4, 0.5) is 0 Å². The van der Waals surface area contributed by atoms with E-state index in [0.29, 0.717) is 18.6 Å². The number of amides is 1. The highest BCUT2D eigenvalue weighted by molar-refractivity contribution is 5.78. The standard InChI is InChI=1S/C23H38N4O2/c1-19(2)26-11-9-21(10-12-26)24(3)18-23(28)27-15-13-25(14-16-27)17-20-5-7-22(29-4)8-6-20/h5-8,19,21H,9-18H2,1-4H3. The fourth-order valence-electron chi connectivity index (χ4n) is 4.43. The zero-order chi connectivity index (χ0) is 20.8. The van der Waals surface area contributed by atoms with Crippen molar-refractivity contribution >= 4 is 5.91 Å². The Morgan fingerprint density at radius 1 is 1.07 bits per heavy atom. The number of carbonyl (C=O) groups excluding carboxylic acids is 1. The smallest absolute Gasteiger partial charge is 0.236 e. The molecule has 0 aromatic heterocycles. The maximum atomic E-state index is 12.8. The summed E-state index contributed by atoms with van der Waals surface area (Å²) in [6.07, 6.45) is 2.33. The van der Waals surface area contributed by atoms with Crippen molar-refractivity contribution in [3.05, 3.63) is 29.8 Å². The maximum Gasteiger partial charge on any atom is 0.236 e. The second kappa shape index (κ2) is 10.4. The summed E-state index contributed by atoms with van der Waals surface area (Å²) >= 11 is 0. The Morgan fingerprint density at radius 3 is 2.24 bits per heavy atom. The lowest BCUT2D eigenvalue weighted by molar-refractivity contribution is -0.134. The van der Waals surface area contributed by atoms with E-state index in [0.717, 1.165) is 64.4 Å². The molecule has 2 fully saturated rings. The Hall–Kier alpha value is -1.63. The molecule has 6 nitrogen and oxygen atoms in total. The molecule has 2 saturated heterocycles. The minimum atomic E-state index is 0.280. The van der Waals surface area contributed by atoms with Gasteiger partial charge in [-0.3, -0.25) is 14.6 Å². The van der Waals surface area contributed by atoms with Gasteiger partial charge in [-0.2, -0.15) is 0 Å². The average molecular weight is 403 g/mol. The average Bonchev–Trinajstić information content (AvgIpc) is 2.74. The molecular weight excluding hydrogens is 364 g/mol. The minimum absolute atomic E-state index is 0.280. The molecule has 2 heterocycles. The number of nitrogens with zero attached hydrogens (tertiary/aromatic N) is 4. The van der Waals surface area contributed by atoms with Gasteiger partial charge in [0, 0.05) is 44.8 Å². The molecule has 0 N–H and O–H groups in total. The highest BCUT2D eigenvalue weighted by Gasteiger charge is 2.27. The quantitative estimate of drug-likeness (QED) is 0.699. The first kappa shape index (κ1) is 22.1. The lowest BCUT2D eigenvalue weighted by atomic mass is 10.0. The lowest BCUT2D eigenvalue weighted by Gasteiger charge is -2.39. The van der Waals surface area contributed by atoms with Gasteiger partial charge in [0.25, 0.3) is 0 Å². The molecule has 6 heteroatoms. The van der Waals surface area contributed by atoms with Crippen molar-refractivity contribution in [1.82, 2.24) is 19.6 Å². The fourth-order valence-corrected chi connectivity index (χ4v) is 4.43. The third-order valence-corrected chi connectivity index (χ3v) is 6.53. The minimum Gasteiger partial charge on any atom is -0.497 e. The molecule has 0 radical (unpaired) electrons. The molecule has 1 amide bonds. The van der Waals surface area contributed by atoms with E-state index >= 15 is 0 Å². The van der Waals surface area contributed by atoms with E-state index in [4.69, 9.17) is 4.74 Å². The zero-order valence-corrected chi connectivity index (χ0v) is 18.6. The van der Waals surface area contributed by atoms with E-state index < -0.39 is 0 Å². The molecule has 3 rings (SSSR count). The van der Waals surface area contributed by atoms with Crippen LogP contribution in [0.2, 0.25) is 0 Å². The van der Waals surface area contributed by atoms with Gasteiger partial charge in [-0.05, 0) is 64.5 Å². The monoisotopic (exact) mass is 402 g/mol. The van der Waals surface area contributed by atoms with Crippen LogP contribution in [0.15, 0.2) is 24.3 Å². The Morgan fingerprint density at radius 2 is 1.69 bits per heavy atom. The topological polar surface area (TPSA) is 39.3 Å². The summed E-state index contributed by atoms with van der Waals surface area (Å²) in [5, 5.41) is 0. The van der Waals surface area contributed by atoms with Crippen LogP contribution in [0.1, 0.15) is 32.3 Å². The number of ether oxygens (including phenoxy) is 1. The lowest BCUT2D eigenvalue weighted by Crippen LogP contribution is -2.52. The number of piperidine rings is 1. The fraction of sp³-hybridized carbons (Fsp3) is 0.696. The summed E-state index contributed by atoms with van der Waals surface area (Å²) in [6.45, 7) is 11.8. The Bertz CT molecular complexity index is 633. The molecule has 0 spiro atoms. The van der Waals surface area contributed by atoms with Crippen LogP contribution >= 0.6 is 0 Å². The SMILES string of the molecule is COc1ccc(CN2CCN(C(=O)CN(C)C3CCN(C(C)C)CC3)CC2)cc1. The van der Waals surface area contributed by atoms with Gasteiger partial charge >= 0.3 is 0 Å². The predicted molar refractivity (Wildman–Crippen MR) is 117 cm³/mol. The number of piperazine rings is 1. The van der Waals surface area contributed by atoms with E-state index in [-0.39, 0.29) is 5.91 Å². The van der Waals surface area contributed by atoms with Crippen LogP contribution < -0.4 is 4.74 Å². The van der Waals surface area contributed by atoms with Gasteiger partial charge in [0.2, 0.25) is 5.91 Å². The largest absolute Gasteiger partial charge is 0.497 e. The van der Waals surface area contributed by atoms with Crippen molar-refractivity contribution in [1.29, 1.82) is 0 Å². The van der Waals surface area contributed by atoms with Crippen molar-refractivity contribution in [3.8, 4) is 5.75 Å². The molecule has 29 heavy (non-hydrogen) atoms. The summed E-state index contributed by atoms with van der Waals surface area (Å²) < 4.78 is 5.23. The van der Waals surface area contributed by atoms with E-state index in [1.54, 1.807) is 7.11 Å². The number of hydrogen-bond donors (Lipinski definition) is 0. The third kappa shape index (κ3) is 6.17. The maximum absolute atomic E-state index is 12.8. The van der Waals surface area contributed by atoms with Crippen LogP contribution in [0.5, 0.6) is 5.75 Å². The summed E-state index contributed by atoms with van der Waals surface area (Å²) in [5.74, 6) is 1.17. The predicted octanol–water partition coefficient (Wildman–Crippen LogP) is 2.14. The third-order valence-electron chi connectivity index (χ3n) is 6.53. The van der Waals surface area contributed by atoms with Crippen molar-refractivity contribution in [3.63, 3.8) is 0 Å². The first-order valence-electron chi connectivity index (χ1n) is 11.0. The van der Waals surface area contributed by atoms with Gasteiger partial charge in [0.1, 0.15) is 5.75 Å².